The number of rotatable bonds is 11. The van der Waals surface area contributed by atoms with Crippen molar-refractivity contribution in [2.75, 3.05) is 13.2 Å². The zero-order valence-electron chi connectivity index (χ0n) is 14.2. The molecule has 0 bridgehead atoms. The van der Waals surface area contributed by atoms with Crippen molar-refractivity contribution >= 4 is 5.78 Å². The number of ether oxygens (including phenoxy) is 1. The van der Waals surface area contributed by atoms with Gasteiger partial charge in [-0.1, -0.05) is 39.0 Å². The largest absolute Gasteiger partial charge is 0.373 e. The second-order valence-electron chi connectivity index (χ2n) is 5.77. The third kappa shape index (κ3) is 5.66. The predicted molar refractivity (Wildman–Crippen MR) is 88.1 cm³/mol. The SMILES string of the molecule is CCCCCCCCOCC(=O)c1cc(C)n(CC)c1C. The first-order valence-corrected chi connectivity index (χ1v) is 8.39. The highest BCUT2D eigenvalue weighted by Gasteiger charge is 2.14. The molecular formula is C18H31NO2. The van der Waals surface area contributed by atoms with Crippen molar-refractivity contribution in [1.82, 2.24) is 4.57 Å². The molecule has 1 aromatic rings. The van der Waals surface area contributed by atoms with E-state index in [1.165, 1.54) is 32.1 Å². The minimum absolute atomic E-state index is 0.105. The normalized spacial score (nSPS) is 11.0. The van der Waals surface area contributed by atoms with Gasteiger partial charge < -0.3 is 9.30 Å². The number of Topliss-reactive ketones (excluding diaryl/α,β-unsaturated/α-hetero) is 1. The molecule has 1 heterocycles. The van der Waals surface area contributed by atoms with Crippen LogP contribution in [-0.4, -0.2) is 23.6 Å². The molecule has 0 aliphatic heterocycles. The molecule has 0 N–H and O–H groups in total. The van der Waals surface area contributed by atoms with Crippen LogP contribution in [0.5, 0.6) is 0 Å². The molecule has 0 saturated carbocycles. The summed E-state index contributed by atoms with van der Waals surface area (Å²) in [4.78, 5) is 12.2. The zero-order chi connectivity index (χ0) is 15.7. The lowest BCUT2D eigenvalue weighted by Crippen LogP contribution is -2.11. The van der Waals surface area contributed by atoms with E-state index in [2.05, 4.69) is 18.4 Å². The van der Waals surface area contributed by atoms with Gasteiger partial charge in [-0.2, -0.15) is 0 Å². The number of hydrogen-bond acceptors (Lipinski definition) is 2. The van der Waals surface area contributed by atoms with Crippen LogP contribution in [0.25, 0.3) is 0 Å². The van der Waals surface area contributed by atoms with Gasteiger partial charge in [-0.05, 0) is 33.3 Å². The monoisotopic (exact) mass is 293 g/mol. The van der Waals surface area contributed by atoms with Gasteiger partial charge in [0.05, 0.1) is 0 Å². The fraction of sp³-hybridized carbons (Fsp3) is 0.722. The maximum Gasteiger partial charge on any atom is 0.190 e. The smallest absolute Gasteiger partial charge is 0.190 e. The first-order chi connectivity index (χ1) is 10.1. The van der Waals surface area contributed by atoms with Crippen molar-refractivity contribution in [3.05, 3.63) is 23.0 Å². The second-order valence-corrected chi connectivity index (χ2v) is 5.77. The number of aromatic nitrogens is 1. The molecule has 120 valence electrons. The van der Waals surface area contributed by atoms with Crippen LogP contribution in [-0.2, 0) is 11.3 Å². The van der Waals surface area contributed by atoms with Crippen molar-refractivity contribution < 1.29 is 9.53 Å². The number of carbonyl (C=O) groups is 1. The Bertz CT molecular complexity index is 435. The summed E-state index contributed by atoms with van der Waals surface area (Å²) in [5.74, 6) is 0.105. The fourth-order valence-electron chi connectivity index (χ4n) is 2.80. The molecule has 3 nitrogen and oxygen atoms in total. The Morgan fingerprint density at radius 3 is 2.38 bits per heavy atom. The summed E-state index contributed by atoms with van der Waals surface area (Å²) in [7, 11) is 0. The van der Waals surface area contributed by atoms with Crippen LogP contribution < -0.4 is 0 Å². The highest BCUT2D eigenvalue weighted by molar-refractivity contribution is 5.98. The molecule has 0 spiro atoms. The molecule has 1 aromatic heterocycles. The van der Waals surface area contributed by atoms with E-state index in [-0.39, 0.29) is 12.4 Å². The van der Waals surface area contributed by atoms with Gasteiger partial charge in [0.1, 0.15) is 6.61 Å². The highest BCUT2D eigenvalue weighted by Crippen LogP contribution is 2.15. The fourth-order valence-corrected chi connectivity index (χ4v) is 2.80. The van der Waals surface area contributed by atoms with E-state index in [9.17, 15) is 4.79 Å². The van der Waals surface area contributed by atoms with E-state index in [1.807, 2.05) is 19.9 Å². The average molecular weight is 293 g/mol. The third-order valence-electron chi connectivity index (χ3n) is 4.07. The molecule has 0 fully saturated rings. The van der Waals surface area contributed by atoms with Gasteiger partial charge in [0, 0.05) is 30.1 Å². The Kier molecular flexibility index (Phi) is 8.36. The number of ketones is 1. The van der Waals surface area contributed by atoms with Gasteiger partial charge in [-0.25, -0.2) is 0 Å². The van der Waals surface area contributed by atoms with Gasteiger partial charge in [0.15, 0.2) is 5.78 Å². The first kappa shape index (κ1) is 18.0. The molecule has 3 heteroatoms. The Balaban J connectivity index is 2.25. The van der Waals surface area contributed by atoms with Gasteiger partial charge in [0.2, 0.25) is 0 Å². The maximum atomic E-state index is 12.2. The quantitative estimate of drug-likeness (QED) is 0.438. The summed E-state index contributed by atoms with van der Waals surface area (Å²) >= 11 is 0. The Morgan fingerprint density at radius 2 is 1.76 bits per heavy atom. The topological polar surface area (TPSA) is 31.2 Å². The van der Waals surface area contributed by atoms with E-state index in [0.717, 1.165) is 29.9 Å². The molecule has 0 saturated heterocycles. The molecule has 0 aliphatic carbocycles. The van der Waals surface area contributed by atoms with Crippen molar-refractivity contribution in [2.45, 2.75) is 72.8 Å². The summed E-state index contributed by atoms with van der Waals surface area (Å²) in [5.41, 5.74) is 3.02. The maximum absolute atomic E-state index is 12.2. The minimum Gasteiger partial charge on any atom is -0.373 e. The molecule has 0 aromatic carbocycles. The lowest BCUT2D eigenvalue weighted by atomic mass is 10.1. The number of aryl methyl sites for hydroxylation is 1. The predicted octanol–water partition coefficient (Wildman–Crippen LogP) is 4.68. The van der Waals surface area contributed by atoms with Crippen LogP contribution in [0.3, 0.4) is 0 Å². The lowest BCUT2D eigenvalue weighted by molar-refractivity contribution is 0.0751. The van der Waals surface area contributed by atoms with Crippen molar-refractivity contribution in [3.8, 4) is 0 Å². The zero-order valence-corrected chi connectivity index (χ0v) is 14.2. The average Bonchev–Trinajstić information content (AvgIpc) is 2.76. The highest BCUT2D eigenvalue weighted by atomic mass is 16.5. The number of nitrogens with zero attached hydrogens (tertiary/aromatic N) is 1. The Morgan fingerprint density at radius 1 is 1.10 bits per heavy atom. The van der Waals surface area contributed by atoms with E-state index >= 15 is 0 Å². The molecule has 0 amide bonds. The minimum atomic E-state index is 0.105. The summed E-state index contributed by atoms with van der Waals surface area (Å²) < 4.78 is 7.70. The van der Waals surface area contributed by atoms with Gasteiger partial charge >= 0.3 is 0 Å². The molecule has 0 atom stereocenters. The van der Waals surface area contributed by atoms with Crippen LogP contribution in [0.15, 0.2) is 6.07 Å². The van der Waals surface area contributed by atoms with Crippen molar-refractivity contribution in [2.24, 2.45) is 0 Å². The molecular weight excluding hydrogens is 262 g/mol. The lowest BCUT2D eigenvalue weighted by Gasteiger charge is -2.06. The molecule has 0 unspecified atom stereocenters. The summed E-state index contributed by atoms with van der Waals surface area (Å²) in [6.07, 6.45) is 7.47. The van der Waals surface area contributed by atoms with Crippen molar-refractivity contribution in [1.29, 1.82) is 0 Å². The van der Waals surface area contributed by atoms with E-state index in [4.69, 9.17) is 4.74 Å². The van der Waals surface area contributed by atoms with Crippen molar-refractivity contribution in [3.63, 3.8) is 0 Å². The number of carbonyl (C=O) groups excluding carboxylic acids is 1. The third-order valence-corrected chi connectivity index (χ3v) is 4.07. The summed E-state index contributed by atoms with van der Waals surface area (Å²) in [6, 6.07) is 1.98. The van der Waals surface area contributed by atoms with Crippen LogP contribution in [0, 0.1) is 13.8 Å². The molecule has 21 heavy (non-hydrogen) atoms. The van der Waals surface area contributed by atoms with Crippen LogP contribution in [0.1, 0.15) is 74.1 Å². The van der Waals surface area contributed by atoms with Crippen LogP contribution in [0.4, 0.5) is 0 Å². The van der Waals surface area contributed by atoms with Crippen LogP contribution in [0.2, 0.25) is 0 Å². The van der Waals surface area contributed by atoms with E-state index in [0.29, 0.717) is 6.61 Å². The molecule has 1 rings (SSSR count). The standard InChI is InChI=1S/C18H31NO2/c1-5-7-8-9-10-11-12-21-14-18(20)17-13-15(3)19(6-2)16(17)4/h13H,5-12,14H2,1-4H3. The van der Waals surface area contributed by atoms with Gasteiger partial charge in [-0.15, -0.1) is 0 Å². The Labute approximate surface area is 129 Å². The van der Waals surface area contributed by atoms with Gasteiger partial charge in [-0.3, -0.25) is 4.79 Å². The van der Waals surface area contributed by atoms with Gasteiger partial charge in [0.25, 0.3) is 0 Å². The number of hydrogen-bond donors (Lipinski definition) is 0. The molecule has 0 aliphatic rings. The summed E-state index contributed by atoms with van der Waals surface area (Å²) in [5, 5.41) is 0. The number of unbranched alkanes of at least 4 members (excludes halogenated alkanes) is 5. The van der Waals surface area contributed by atoms with E-state index in [1.54, 1.807) is 0 Å². The summed E-state index contributed by atoms with van der Waals surface area (Å²) in [6.45, 7) is 10.2. The van der Waals surface area contributed by atoms with E-state index < -0.39 is 0 Å². The first-order valence-electron chi connectivity index (χ1n) is 8.39. The van der Waals surface area contributed by atoms with Crippen LogP contribution >= 0.6 is 0 Å². The Hall–Kier alpha value is -1.09. The molecule has 0 radical (unpaired) electrons. The second kappa shape index (κ2) is 9.78.